The third-order valence-corrected chi connectivity index (χ3v) is 5.67. The number of carbonyl (C=O) groups excluding carboxylic acids is 1. The first-order valence-corrected chi connectivity index (χ1v) is 10.1. The molecule has 2 heterocycles. The van der Waals surface area contributed by atoms with E-state index in [-0.39, 0.29) is 11.8 Å². The van der Waals surface area contributed by atoms with Crippen molar-refractivity contribution in [1.29, 1.82) is 0 Å². The van der Waals surface area contributed by atoms with Crippen LogP contribution in [0.5, 0.6) is 0 Å². The zero-order valence-corrected chi connectivity index (χ0v) is 16.5. The molecule has 0 aliphatic rings. The van der Waals surface area contributed by atoms with Crippen molar-refractivity contribution in [3.63, 3.8) is 0 Å². The van der Waals surface area contributed by atoms with Crippen LogP contribution in [0, 0.1) is 0 Å². The Hall–Kier alpha value is -2.89. The number of rotatable bonds is 6. The maximum Gasteiger partial charge on any atom is 0.244 e. The molecule has 0 fully saturated rings. The Morgan fingerprint density at radius 3 is 2.82 bits per heavy atom. The summed E-state index contributed by atoms with van der Waals surface area (Å²) < 4.78 is 0. The van der Waals surface area contributed by atoms with Gasteiger partial charge in [0.2, 0.25) is 5.91 Å². The molecule has 1 unspecified atom stereocenters. The van der Waals surface area contributed by atoms with E-state index in [0.29, 0.717) is 11.6 Å². The molecule has 4 nitrogen and oxygen atoms in total. The number of halogens is 1. The van der Waals surface area contributed by atoms with Gasteiger partial charge >= 0.3 is 0 Å². The van der Waals surface area contributed by atoms with Gasteiger partial charge in [-0.2, -0.15) is 0 Å². The molecule has 1 atom stereocenters. The summed E-state index contributed by atoms with van der Waals surface area (Å²) in [4.78, 5) is 19.8. The molecule has 140 valence electrons. The molecule has 4 rings (SSSR count). The van der Waals surface area contributed by atoms with Crippen molar-refractivity contribution < 1.29 is 4.79 Å². The molecular weight excluding hydrogens is 390 g/mol. The second-order valence-electron chi connectivity index (χ2n) is 6.31. The van der Waals surface area contributed by atoms with Crippen LogP contribution in [0.25, 0.3) is 17.0 Å². The highest BCUT2D eigenvalue weighted by Gasteiger charge is 2.20. The largest absolute Gasteiger partial charge is 0.361 e. The van der Waals surface area contributed by atoms with Gasteiger partial charge in [-0.15, -0.1) is 11.3 Å². The maximum atomic E-state index is 12.3. The summed E-state index contributed by atoms with van der Waals surface area (Å²) in [6.45, 7) is 0.437. The van der Waals surface area contributed by atoms with Crippen molar-refractivity contribution in [2.75, 3.05) is 6.54 Å². The number of fused-ring (bicyclic) bond motifs is 1. The Morgan fingerprint density at radius 1 is 1.18 bits per heavy atom. The number of para-hydroxylation sites is 1. The second kappa shape index (κ2) is 8.42. The second-order valence-corrected chi connectivity index (χ2v) is 7.65. The third-order valence-electron chi connectivity index (χ3n) is 4.59. The summed E-state index contributed by atoms with van der Waals surface area (Å²) in [5, 5.41) is 7.49. The molecule has 1 amide bonds. The molecule has 2 N–H and O–H groups in total. The minimum absolute atomic E-state index is 0.0675. The normalized spacial score (nSPS) is 12.5. The fraction of sp³-hybridized carbons (Fsp3) is 0.0909. The highest BCUT2D eigenvalue weighted by atomic mass is 35.5. The number of H-pyrrole nitrogens is 1. The zero-order chi connectivity index (χ0) is 19.3. The summed E-state index contributed by atoms with van der Waals surface area (Å²) >= 11 is 7.98. The van der Waals surface area contributed by atoms with Crippen molar-refractivity contribution in [1.82, 2.24) is 15.3 Å². The predicted molar refractivity (Wildman–Crippen MR) is 116 cm³/mol. The minimum Gasteiger partial charge on any atom is -0.361 e. The molecule has 4 aromatic rings. The van der Waals surface area contributed by atoms with E-state index >= 15 is 0 Å². The molecule has 0 bridgehead atoms. The number of nitrogens with zero attached hydrogens (tertiary/aromatic N) is 1. The van der Waals surface area contributed by atoms with Gasteiger partial charge in [-0.25, -0.2) is 4.98 Å². The number of thiazole rings is 1. The topological polar surface area (TPSA) is 57.8 Å². The van der Waals surface area contributed by atoms with Gasteiger partial charge in [0.05, 0.1) is 0 Å². The molecule has 28 heavy (non-hydrogen) atoms. The summed E-state index contributed by atoms with van der Waals surface area (Å²) in [7, 11) is 0. The lowest BCUT2D eigenvalue weighted by Crippen LogP contribution is -2.27. The van der Waals surface area contributed by atoms with Gasteiger partial charge in [0.25, 0.3) is 0 Å². The van der Waals surface area contributed by atoms with Crippen LogP contribution in [-0.4, -0.2) is 22.4 Å². The van der Waals surface area contributed by atoms with E-state index in [4.69, 9.17) is 11.6 Å². The van der Waals surface area contributed by atoms with Crippen LogP contribution in [0.4, 0.5) is 0 Å². The Balaban J connectivity index is 1.61. The standard InChI is InChI=1S/C22H18ClN3OS/c23-19-7-3-1-5-15(19)17(18-13-25-20-8-4-2-6-16(18)20)14-26-21(27)9-10-22-24-11-12-28-22/h1-13,17,25H,14H2,(H,26,27)/b10-9+. The first-order chi connectivity index (χ1) is 13.7. The van der Waals surface area contributed by atoms with Crippen LogP contribution in [0.1, 0.15) is 22.1 Å². The van der Waals surface area contributed by atoms with Crippen LogP contribution < -0.4 is 5.32 Å². The molecule has 0 saturated carbocycles. The summed E-state index contributed by atoms with van der Waals surface area (Å²) in [5.74, 6) is -0.228. The van der Waals surface area contributed by atoms with Gasteiger partial charge < -0.3 is 10.3 Å². The van der Waals surface area contributed by atoms with Gasteiger partial charge in [0, 0.05) is 52.2 Å². The smallest absolute Gasteiger partial charge is 0.244 e. The molecule has 2 aromatic heterocycles. The van der Waals surface area contributed by atoms with E-state index < -0.39 is 0 Å². The number of aromatic nitrogens is 2. The molecular formula is C22H18ClN3OS. The van der Waals surface area contributed by atoms with Crippen LogP contribution in [0.2, 0.25) is 5.02 Å². The van der Waals surface area contributed by atoms with Crippen molar-refractivity contribution in [3.8, 4) is 0 Å². The monoisotopic (exact) mass is 407 g/mol. The average Bonchev–Trinajstić information content (AvgIpc) is 3.38. The Kier molecular flexibility index (Phi) is 5.55. The SMILES string of the molecule is O=C(/C=C/c1nccs1)NCC(c1ccccc1Cl)c1c[nH]c2ccccc12. The molecule has 0 aliphatic heterocycles. The van der Waals surface area contributed by atoms with E-state index in [1.807, 2.05) is 54.0 Å². The summed E-state index contributed by atoms with van der Waals surface area (Å²) in [5.41, 5.74) is 3.15. The number of aromatic amines is 1. The maximum absolute atomic E-state index is 12.3. The lowest BCUT2D eigenvalue weighted by molar-refractivity contribution is -0.116. The lowest BCUT2D eigenvalue weighted by Gasteiger charge is -2.19. The average molecular weight is 408 g/mol. The number of carbonyl (C=O) groups is 1. The Labute approximate surface area is 171 Å². The van der Waals surface area contributed by atoms with Crippen LogP contribution in [0.15, 0.2) is 72.4 Å². The highest BCUT2D eigenvalue weighted by Crippen LogP contribution is 2.34. The number of hydrogen-bond donors (Lipinski definition) is 2. The van der Waals surface area contributed by atoms with Gasteiger partial charge in [-0.05, 0) is 29.3 Å². The Bertz CT molecular complexity index is 1120. The number of amides is 1. The first-order valence-electron chi connectivity index (χ1n) is 8.88. The van der Waals surface area contributed by atoms with Gasteiger partial charge in [-0.1, -0.05) is 48.0 Å². The number of nitrogens with one attached hydrogen (secondary N) is 2. The van der Waals surface area contributed by atoms with Crippen molar-refractivity contribution >= 4 is 45.8 Å². The van der Waals surface area contributed by atoms with Crippen molar-refractivity contribution in [2.24, 2.45) is 0 Å². The lowest BCUT2D eigenvalue weighted by atomic mass is 9.90. The summed E-state index contributed by atoms with van der Waals surface area (Å²) in [6.07, 6.45) is 6.94. The summed E-state index contributed by atoms with van der Waals surface area (Å²) in [6, 6.07) is 15.9. The van der Waals surface area contributed by atoms with Crippen LogP contribution in [0.3, 0.4) is 0 Å². The first kappa shape index (κ1) is 18.5. The van der Waals surface area contributed by atoms with E-state index in [2.05, 4.69) is 21.4 Å². The van der Waals surface area contributed by atoms with E-state index in [0.717, 1.165) is 27.0 Å². The van der Waals surface area contributed by atoms with Crippen LogP contribution >= 0.6 is 22.9 Å². The van der Waals surface area contributed by atoms with E-state index in [1.54, 1.807) is 12.3 Å². The minimum atomic E-state index is -0.160. The van der Waals surface area contributed by atoms with Gasteiger partial charge in [0.1, 0.15) is 5.01 Å². The van der Waals surface area contributed by atoms with Crippen LogP contribution in [-0.2, 0) is 4.79 Å². The van der Waals surface area contributed by atoms with Gasteiger partial charge in [-0.3, -0.25) is 4.79 Å². The van der Waals surface area contributed by atoms with Gasteiger partial charge in [0.15, 0.2) is 0 Å². The van der Waals surface area contributed by atoms with Crippen molar-refractivity contribution in [2.45, 2.75) is 5.92 Å². The third kappa shape index (κ3) is 4.01. The molecule has 6 heteroatoms. The molecule has 0 radical (unpaired) electrons. The molecule has 0 aliphatic carbocycles. The quantitative estimate of drug-likeness (QED) is 0.429. The fourth-order valence-electron chi connectivity index (χ4n) is 3.25. The Morgan fingerprint density at radius 2 is 2.00 bits per heavy atom. The highest BCUT2D eigenvalue weighted by molar-refractivity contribution is 7.10. The molecule has 0 spiro atoms. The predicted octanol–water partition coefficient (Wildman–Crippen LogP) is 5.24. The number of hydrogen-bond acceptors (Lipinski definition) is 3. The molecule has 0 saturated heterocycles. The van der Waals surface area contributed by atoms with E-state index in [9.17, 15) is 4.79 Å². The van der Waals surface area contributed by atoms with Crippen molar-refractivity contribution in [3.05, 3.63) is 93.5 Å². The molecule has 2 aromatic carbocycles. The number of benzene rings is 2. The van der Waals surface area contributed by atoms with E-state index in [1.165, 1.54) is 17.4 Å². The fourth-order valence-corrected chi connectivity index (χ4v) is 4.05. The zero-order valence-electron chi connectivity index (χ0n) is 14.9.